The van der Waals surface area contributed by atoms with Crippen LogP contribution in [0.4, 0.5) is 10.1 Å². The summed E-state index contributed by atoms with van der Waals surface area (Å²) in [5, 5.41) is 3.15. The van der Waals surface area contributed by atoms with Gasteiger partial charge in [0.15, 0.2) is 0 Å². The zero-order chi connectivity index (χ0) is 20.9. The number of amides is 1. The van der Waals surface area contributed by atoms with Gasteiger partial charge in [0.05, 0.1) is 24.2 Å². The predicted octanol–water partition coefficient (Wildman–Crippen LogP) is 3.84. The molecule has 0 fully saturated rings. The summed E-state index contributed by atoms with van der Waals surface area (Å²) in [6.45, 7) is 3.33. The molecule has 2 rings (SSSR count). The second-order valence-corrected chi connectivity index (χ2v) is 8.49. The molecule has 1 N–H and O–H groups in total. The minimum Gasteiger partial charge on any atom is -0.495 e. The Morgan fingerprint density at radius 1 is 1.25 bits per heavy atom. The van der Waals surface area contributed by atoms with E-state index in [9.17, 15) is 17.6 Å². The van der Waals surface area contributed by atoms with Crippen LogP contribution in [0.3, 0.4) is 0 Å². The minimum absolute atomic E-state index is 0.0740. The number of carbonyl (C=O) groups excluding carboxylic acids is 1. The fourth-order valence-corrected chi connectivity index (χ4v) is 4.21. The van der Waals surface area contributed by atoms with E-state index in [1.807, 2.05) is 0 Å². The molecule has 0 spiro atoms. The molecule has 0 aliphatic heterocycles. The lowest BCUT2D eigenvalue weighted by Crippen LogP contribution is -2.38. The van der Waals surface area contributed by atoms with E-state index in [-0.39, 0.29) is 11.4 Å². The Morgan fingerprint density at radius 2 is 1.89 bits per heavy atom. The van der Waals surface area contributed by atoms with Crippen LogP contribution < -0.4 is 10.1 Å². The Morgan fingerprint density at radius 3 is 2.46 bits per heavy atom. The van der Waals surface area contributed by atoms with E-state index >= 15 is 0 Å². The van der Waals surface area contributed by atoms with Gasteiger partial charge in [-0.3, -0.25) is 4.79 Å². The lowest BCUT2D eigenvalue weighted by molar-refractivity contribution is -0.116. The van der Waals surface area contributed by atoms with Gasteiger partial charge in [0.2, 0.25) is 15.9 Å². The second kappa shape index (κ2) is 9.36. The van der Waals surface area contributed by atoms with Crippen molar-refractivity contribution in [3.8, 4) is 5.75 Å². The topological polar surface area (TPSA) is 75.7 Å². The fourth-order valence-electron chi connectivity index (χ4n) is 2.57. The van der Waals surface area contributed by atoms with Gasteiger partial charge >= 0.3 is 0 Å². The lowest BCUT2D eigenvalue weighted by Gasteiger charge is -2.21. The van der Waals surface area contributed by atoms with E-state index in [1.54, 1.807) is 26.0 Å². The molecule has 0 atom stereocenters. The highest BCUT2D eigenvalue weighted by atomic mass is 35.5. The van der Waals surface area contributed by atoms with Gasteiger partial charge in [0, 0.05) is 17.6 Å². The number of rotatable bonds is 8. The number of nitrogens with one attached hydrogen (secondary N) is 1. The van der Waals surface area contributed by atoms with Crippen molar-refractivity contribution in [2.24, 2.45) is 0 Å². The molecule has 2 aromatic rings. The maximum atomic E-state index is 13.1. The number of benzene rings is 2. The van der Waals surface area contributed by atoms with E-state index in [4.69, 9.17) is 16.3 Å². The summed E-state index contributed by atoms with van der Waals surface area (Å²) in [6, 6.07) is 7.72. The monoisotopic (exact) mass is 428 g/mol. The van der Waals surface area contributed by atoms with Crippen LogP contribution in [0.2, 0.25) is 5.02 Å². The second-order valence-electron chi connectivity index (χ2n) is 6.14. The zero-order valence-corrected chi connectivity index (χ0v) is 17.4. The van der Waals surface area contributed by atoms with Gasteiger partial charge in [-0.05, 0) is 49.2 Å². The lowest BCUT2D eigenvalue weighted by atomic mass is 10.2. The summed E-state index contributed by atoms with van der Waals surface area (Å²) in [7, 11) is -2.50. The average molecular weight is 429 g/mol. The SMILES string of the molecule is CCCN(CC(=O)Nc1cc(C)c(Cl)cc1OC)S(=O)(=O)c1ccc(F)cc1. The van der Waals surface area contributed by atoms with Crippen LogP contribution in [0.1, 0.15) is 18.9 Å². The highest BCUT2D eigenvalue weighted by Crippen LogP contribution is 2.31. The molecule has 0 saturated heterocycles. The standard InChI is InChI=1S/C19H22ClFN2O4S/c1-4-9-23(28(25,26)15-7-5-14(21)6-8-15)12-19(24)22-17-10-13(2)16(20)11-18(17)27-3/h5-8,10-11H,4,9,12H2,1-3H3,(H,22,24). The van der Waals surface area contributed by atoms with Crippen molar-refractivity contribution in [1.82, 2.24) is 4.31 Å². The number of carbonyl (C=O) groups is 1. The first-order chi connectivity index (χ1) is 13.2. The number of hydrogen-bond donors (Lipinski definition) is 1. The highest BCUT2D eigenvalue weighted by molar-refractivity contribution is 7.89. The van der Waals surface area contributed by atoms with Gasteiger partial charge in [0.1, 0.15) is 11.6 Å². The third-order valence-corrected chi connectivity index (χ3v) is 6.27. The molecule has 0 aliphatic rings. The summed E-state index contributed by atoms with van der Waals surface area (Å²) in [5.74, 6) is -0.699. The first-order valence-electron chi connectivity index (χ1n) is 8.58. The Labute approximate surface area is 169 Å². The zero-order valence-electron chi connectivity index (χ0n) is 15.8. The molecular formula is C19H22ClFN2O4S. The van der Waals surface area contributed by atoms with E-state index in [1.165, 1.54) is 19.2 Å². The Kier molecular flexibility index (Phi) is 7.40. The molecule has 2 aromatic carbocycles. The summed E-state index contributed by atoms with van der Waals surface area (Å²) in [5.41, 5.74) is 1.13. The van der Waals surface area contributed by atoms with Gasteiger partial charge in [-0.2, -0.15) is 4.31 Å². The molecule has 0 bridgehead atoms. The summed E-state index contributed by atoms with van der Waals surface area (Å²) < 4.78 is 45.0. The largest absolute Gasteiger partial charge is 0.495 e. The number of anilines is 1. The molecule has 6 nitrogen and oxygen atoms in total. The summed E-state index contributed by atoms with van der Waals surface area (Å²) in [6.07, 6.45) is 0.511. The smallest absolute Gasteiger partial charge is 0.243 e. The molecule has 0 radical (unpaired) electrons. The van der Waals surface area contributed by atoms with Crippen LogP contribution in [0.15, 0.2) is 41.3 Å². The van der Waals surface area contributed by atoms with Crippen LogP contribution in [-0.2, 0) is 14.8 Å². The van der Waals surface area contributed by atoms with Gasteiger partial charge in [-0.1, -0.05) is 18.5 Å². The quantitative estimate of drug-likeness (QED) is 0.693. The van der Waals surface area contributed by atoms with E-state index in [0.29, 0.717) is 22.9 Å². The predicted molar refractivity (Wildman–Crippen MR) is 107 cm³/mol. The van der Waals surface area contributed by atoms with Crippen LogP contribution in [0, 0.1) is 12.7 Å². The first kappa shape index (κ1) is 22.1. The highest BCUT2D eigenvalue weighted by Gasteiger charge is 2.26. The van der Waals surface area contributed by atoms with Crippen molar-refractivity contribution in [2.45, 2.75) is 25.2 Å². The molecule has 9 heteroatoms. The molecule has 28 heavy (non-hydrogen) atoms. The molecule has 0 heterocycles. The molecule has 0 aliphatic carbocycles. The number of ether oxygens (including phenoxy) is 1. The fraction of sp³-hybridized carbons (Fsp3) is 0.316. The minimum atomic E-state index is -3.94. The third-order valence-electron chi connectivity index (χ3n) is 4.00. The van der Waals surface area contributed by atoms with Crippen molar-refractivity contribution >= 4 is 33.2 Å². The molecule has 0 unspecified atom stereocenters. The number of hydrogen-bond acceptors (Lipinski definition) is 4. The van der Waals surface area contributed by atoms with Gasteiger partial charge in [0.25, 0.3) is 0 Å². The number of aryl methyl sites for hydroxylation is 1. The van der Waals surface area contributed by atoms with Crippen molar-refractivity contribution in [3.63, 3.8) is 0 Å². The number of methoxy groups -OCH3 is 1. The number of nitrogens with zero attached hydrogens (tertiary/aromatic N) is 1. The van der Waals surface area contributed by atoms with Gasteiger partial charge in [-0.15, -0.1) is 0 Å². The maximum absolute atomic E-state index is 13.1. The van der Waals surface area contributed by atoms with Crippen molar-refractivity contribution in [2.75, 3.05) is 25.5 Å². The van der Waals surface area contributed by atoms with Crippen LogP contribution in [0.5, 0.6) is 5.75 Å². The summed E-state index contributed by atoms with van der Waals surface area (Å²) in [4.78, 5) is 12.5. The van der Waals surface area contributed by atoms with Crippen molar-refractivity contribution < 1.29 is 22.3 Å². The molecule has 1 amide bonds. The Balaban J connectivity index is 2.23. The summed E-state index contributed by atoms with van der Waals surface area (Å²) >= 11 is 6.06. The van der Waals surface area contributed by atoms with Crippen molar-refractivity contribution in [1.29, 1.82) is 0 Å². The number of sulfonamides is 1. The molecule has 0 aromatic heterocycles. The first-order valence-corrected chi connectivity index (χ1v) is 10.4. The normalized spacial score (nSPS) is 11.5. The number of halogens is 2. The van der Waals surface area contributed by atoms with Crippen LogP contribution >= 0.6 is 11.6 Å². The molecular weight excluding hydrogens is 407 g/mol. The van der Waals surface area contributed by atoms with E-state index < -0.39 is 28.3 Å². The third kappa shape index (κ3) is 5.21. The molecule has 152 valence electrons. The van der Waals surface area contributed by atoms with Crippen molar-refractivity contribution in [3.05, 3.63) is 52.8 Å². The van der Waals surface area contributed by atoms with Crippen LogP contribution in [0.25, 0.3) is 0 Å². The molecule has 0 saturated carbocycles. The Hall–Kier alpha value is -2.16. The van der Waals surface area contributed by atoms with E-state index in [2.05, 4.69) is 5.32 Å². The van der Waals surface area contributed by atoms with Gasteiger partial charge < -0.3 is 10.1 Å². The Bertz CT molecular complexity index is 949. The van der Waals surface area contributed by atoms with E-state index in [0.717, 1.165) is 22.0 Å². The average Bonchev–Trinajstić information content (AvgIpc) is 2.64. The maximum Gasteiger partial charge on any atom is 0.243 e. The van der Waals surface area contributed by atoms with Crippen LogP contribution in [-0.4, -0.2) is 38.8 Å². The van der Waals surface area contributed by atoms with Gasteiger partial charge in [-0.25, -0.2) is 12.8 Å².